The molecule has 1 atom stereocenters. The molecule has 12 heavy (non-hydrogen) atoms. The van der Waals surface area contributed by atoms with Crippen molar-refractivity contribution in [2.75, 3.05) is 20.1 Å². The summed E-state index contributed by atoms with van der Waals surface area (Å²) in [5.74, 6) is 0. The van der Waals surface area contributed by atoms with E-state index in [9.17, 15) is 0 Å². The van der Waals surface area contributed by atoms with Crippen LogP contribution in [0.1, 0.15) is 34.1 Å². The SMILES string of the molecule is CCC(CNC(C)C)N(C)CC. The van der Waals surface area contributed by atoms with Gasteiger partial charge in [-0.05, 0) is 20.0 Å². The van der Waals surface area contributed by atoms with Crippen LogP contribution in [-0.4, -0.2) is 37.1 Å². The average molecular weight is 172 g/mol. The number of hydrogen-bond acceptors (Lipinski definition) is 2. The van der Waals surface area contributed by atoms with Crippen LogP contribution >= 0.6 is 0 Å². The Bertz CT molecular complexity index is 102. The molecule has 0 amide bonds. The molecular weight excluding hydrogens is 148 g/mol. The quantitative estimate of drug-likeness (QED) is 0.656. The van der Waals surface area contributed by atoms with Crippen LogP contribution in [-0.2, 0) is 0 Å². The highest BCUT2D eigenvalue weighted by molar-refractivity contribution is 4.69. The predicted octanol–water partition coefficient (Wildman–Crippen LogP) is 1.71. The van der Waals surface area contributed by atoms with Crippen molar-refractivity contribution in [3.05, 3.63) is 0 Å². The molecule has 0 rings (SSSR count). The first-order valence-corrected chi connectivity index (χ1v) is 5.05. The van der Waals surface area contributed by atoms with E-state index in [1.54, 1.807) is 0 Å². The van der Waals surface area contributed by atoms with Gasteiger partial charge in [0.05, 0.1) is 0 Å². The summed E-state index contributed by atoms with van der Waals surface area (Å²) in [7, 11) is 2.19. The smallest absolute Gasteiger partial charge is 0.0214 e. The molecule has 74 valence electrons. The van der Waals surface area contributed by atoms with Crippen molar-refractivity contribution < 1.29 is 0 Å². The molecule has 0 fully saturated rings. The summed E-state index contributed by atoms with van der Waals surface area (Å²) in [6.07, 6.45) is 1.23. The van der Waals surface area contributed by atoms with Crippen molar-refractivity contribution in [1.82, 2.24) is 10.2 Å². The summed E-state index contributed by atoms with van der Waals surface area (Å²) in [4.78, 5) is 2.40. The van der Waals surface area contributed by atoms with Gasteiger partial charge in [-0.3, -0.25) is 0 Å². The van der Waals surface area contributed by atoms with Crippen LogP contribution in [0.5, 0.6) is 0 Å². The molecule has 0 saturated carbocycles. The number of hydrogen-bond donors (Lipinski definition) is 1. The van der Waals surface area contributed by atoms with Crippen molar-refractivity contribution in [3.63, 3.8) is 0 Å². The van der Waals surface area contributed by atoms with Crippen LogP contribution < -0.4 is 5.32 Å². The van der Waals surface area contributed by atoms with Gasteiger partial charge in [-0.25, -0.2) is 0 Å². The second-order valence-electron chi connectivity index (χ2n) is 3.70. The highest BCUT2D eigenvalue weighted by Crippen LogP contribution is 1.99. The molecule has 0 aliphatic heterocycles. The molecule has 0 radical (unpaired) electrons. The molecule has 0 aliphatic rings. The van der Waals surface area contributed by atoms with E-state index >= 15 is 0 Å². The van der Waals surface area contributed by atoms with Crippen molar-refractivity contribution in [2.45, 2.75) is 46.2 Å². The second-order valence-corrected chi connectivity index (χ2v) is 3.70. The van der Waals surface area contributed by atoms with Gasteiger partial charge in [0.25, 0.3) is 0 Å². The molecular formula is C10H24N2. The summed E-state index contributed by atoms with van der Waals surface area (Å²) in [6.45, 7) is 11.1. The molecule has 1 N–H and O–H groups in total. The standard InChI is InChI=1S/C10H24N2/c1-6-10(12(5)7-2)8-11-9(3)4/h9-11H,6-8H2,1-5H3. The minimum Gasteiger partial charge on any atom is -0.313 e. The molecule has 2 heteroatoms. The third kappa shape index (κ3) is 4.73. The summed E-state index contributed by atoms with van der Waals surface area (Å²) in [6, 6.07) is 1.29. The van der Waals surface area contributed by atoms with E-state index in [1.165, 1.54) is 6.42 Å². The largest absolute Gasteiger partial charge is 0.313 e. The van der Waals surface area contributed by atoms with E-state index in [0.717, 1.165) is 13.1 Å². The maximum Gasteiger partial charge on any atom is 0.0214 e. The highest BCUT2D eigenvalue weighted by atomic mass is 15.1. The van der Waals surface area contributed by atoms with Crippen molar-refractivity contribution in [1.29, 1.82) is 0 Å². The predicted molar refractivity (Wildman–Crippen MR) is 55.5 cm³/mol. The average Bonchev–Trinajstić information content (AvgIpc) is 2.04. The summed E-state index contributed by atoms with van der Waals surface area (Å²) in [5.41, 5.74) is 0. The fraction of sp³-hybridized carbons (Fsp3) is 1.00. The van der Waals surface area contributed by atoms with E-state index < -0.39 is 0 Å². The Morgan fingerprint density at radius 1 is 1.25 bits per heavy atom. The molecule has 0 heterocycles. The Morgan fingerprint density at radius 2 is 1.83 bits per heavy atom. The van der Waals surface area contributed by atoms with E-state index in [-0.39, 0.29) is 0 Å². The molecule has 0 aromatic rings. The van der Waals surface area contributed by atoms with E-state index in [4.69, 9.17) is 0 Å². The Kier molecular flexibility index (Phi) is 6.39. The number of nitrogens with one attached hydrogen (secondary N) is 1. The zero-order valence-corrected chi connectivity index (χ0v) is 9.22. The normalized spacial score (nSPS) is 14.2. The molecule has 1 unspecified atom stereocenters. The van der Waals surface area contributed by atoms with Gasteiger partial charge in [-0.2, -0.15) is 0 Å². The van der Waals surface area contributed by atoms with Crippen molar-refractivity contribution >= 4 is 0 Å². The first-order chi connectivity index (χ1) is 5.61. The first-order valence-electron chi connectivity index (χ1n) is 5.05. The maximum absolute atomic E-state index is 3.47. The lowest BCUT2D eigenvalue weighted by Gasteiger charge is -2.26. The third-order valence-electron chi connectivity index (χ3n) is 2.36. The van der Waals surface area contributed by atoms with E-state index in [2.05, 4.69) is 45.0 Å². The van der Waals surface area contributed by atoms with E-state index in [0.29, 0.717) is 12.1 Å². The molecule has 2 nitrogen and oxygen atoms in total. The van der Waals surface area contributed by atoms with Gasteiger partial charge in [0, 0.05) is 18.6 Å². The maximum atomic E-state index is 3.47. The van der Waals surface area contributed by atoms with Crippen LogP contribution in [0, 0.1) is 0 Å². The molecule has 0 saturated heterocycles. The van der Waals surface area contributed by atoms with Crippen LogP contribution in [0.25, 0.3) is 0 Å². The lowest BCUT2D eigenvalue weighted by molar-refractivity contribution is 0.236. The van der Waals surface area contributed by atoms with Crippen molar-refractivity contribution in [2.24, 2.45) is 0 Å². The zero-order valence-electron chi connectivity index (χ0n) is 9.22. The Hall–Kier alpha value is -0.0800. The van der Waals surface area contributed by atoms with Gasteiger partial charge >= 0.3 is 0 Å². The molecule has 0 aliphatic carbocycles. The molecule has 0 bridgehead atoms. The fourth-order valence-corrected chi connectivity index (χ4v) is 1.24. The lowest BCUT2D eigenvalue weighted by atomic mass is 10.2. The van der Waals surface area contributed by atoms with Gasteiger partial charge in [-0.15, -0.1) is 0 Å². The van der Waals surface area contributed by atoms with Crippen LogP contribution in [0.2, 0.25) is 0 Å². The Labute approximate surface area is 77.3 Å². The minimum absolute atomic E-state index is 0.601. The number of likely N-dealkylation sites (N-methyl/N-ethyl adjacent to an activating group) is 1. The monoisotopic (exact) mass is 172 g/mol. The molecule has 0 aromatic carbocycles. The topological polar surface area (TPSA) is 15.3 Å². The lowest BCUT2D eigenvalue weighted by Crippen LogP contribution is -2.41. The third-order valence-corrected chi connectivity index (χ3v) is 2.36. The van der Waals surface area contributed by atoms with Gasteiger partial charge in [0.1, 0.15) is 0 Å². The van der Waals surface area contributed by atoms with E-state index in [1.807, 2.05) is 0 Å². The van der Waals surface area contributed by atoms with Crippen LogP contribution in [0.4, 0.5) is 0 Å². The summed E-state index contributed by atoms with van der Waals surface area (Å²) in [5, 5.41) is 3.47. The van der Waals surface area contributed by atoms with Gasteiger partial charge in [-0.1, -0.05) is 27.7 Å². The summed E-state index contributed by atoms with van der Waals surface area (Å²) < 4.78 is 0. The number of nitrogens with zero attached hydrogens (tertiary/aromatic N) is 1. The van der Waals surface area contributed by atoms with Crippen molar-refractivity contribution in [3.8, 4) is 0 Å². The zero-order chi connectivity index (χ0) is 9.56. The molecule has 0 spiro atoms. The summed E-state index contributed by atoms with van der Waals surface area (Å²) >= 11 is 0. The first kappa shape index (κ1) is 11.9. The second kappa shape index (κ2) is 6.44. The van der Waals surface area contributed by atoms with Gasteiger partial charge in [0.15, 0.2) is 0 Å². The minimum atomic E-state index is 0.601. The molecule has 0 aromatic heterocycles. The Morgan fingerprint density at radius 3 is 2.17 bits per heavy atom. The van der Waals surface area contributed by atoms with Crippen LogP contribution in [0.3, 0.4) is 0 Å². The van der Waals surface area contributed by atoms with Gasteiger partial charge < -0.3 is 10.2 Å². The fourth-order valence-electron chi connectivity index (χ4n) is 1.24. The van der Waals surface area contributed by atoms with Crippen LogP contribution in [0.15, 0.2) is 0 Å². The Balaban J connectivity index is 3.67. The van der Waals surface area contributed by atoms with Gasteiger partial charge in [0.2, 0.25) is 0 Å². The highest BCUT2D eigenvalue weighted by Gasteiger charge is 2.10. The number of rotatable bonds is 6.